The Hall–Kier alpha value is -2.80. The molecule has 0 nitrogen and oxygen atoms in total. The van der Waals surface area contributed by atoms with Crippen molar-refractivity contribution in [1.29, 1.82) is 0 Å². The van der Waals surface area contributed by atoms with E-state index in [0.29, 0.717) is 30.2 Å². The molecule has 0 spiro atoms. The fourth-order valence-electron chi connectivity index (χ4n) is 6.28. The molecule has 0 aliphatic heterocycles. The lowest BCUT2D eigenvalue weighted by atomic mass is 9.63. The summed E-state index contributed by atoms with van der Waals surface area (Å²) in [4.78, 5) is 0. The number of rotatable bonds is 7. The van der Waals surface area contributed by atoms with Crippen molar-refractivity contribution in [2.75, 3.05) is 0 Å². The van der Waals surface area contributed by atoms with Gasteiger partial charge in [0.15, 0.2) is 23.3 Å². The fraction of sp³-hybridized carbons (Fsp3) is 0.455. The molecule has 0 aromatic heterocycles. The van der Waals surface area contributed by atoms with Crippen LogP contribution in [-0.4, -0.2) is 0 Å². The second-order valence-corrected chi connectivity index (χ2v) is 10.7. The minimum Gasteiger partial charge on any atom is -0.203 e. The van der Waals surface area contributed by atoms with Crippen molar-refractivity contribution in [1.82, 2.24) is 0 Å². The third-order valence-electron chi connectivity index (χ3n) is 8.36. The Kier molecular flexibility index (Phi) is 9.30. The predicted octanol–water partition coefficient (Wildman–Crippen LogP) is 9.42. The van der Waals surface area contributed by atoms with E-state index in [9.17, 15) is 13.2 Å². The van der Waals surface area contributed by atoms with Crippen LogP contribution >= 0.6 is 0 Å². The maximum Gasteiger partial charge on any atom is 0.174 e. The van der Waals surface area contributed by atoms with Crippen LogP contribution in [0.2, 0.25) is 0 Å². The summed E-state index contributed by atoms with van der Waals surface area (Å²) in [7, 11) is 0. The minimum atomic E-state index is -1.07. The van der Waals surface area contributed by atoms with Gasteiger partial charge in [-0.25, -0.2) is 17.6 Å². The summed E-state index contributed by atoms with van der Waals surface area (Å²) in [5.41, 5.74) is 0.331. The molecule has 2 saturated carbocycles. The molecular weight excluding hydrogens is 472 g/mol. The molecule has 2 aromatic carbocycles. The molecule has 0 radical (unpaired) electrons. The van der Waals surface area contributed by atoms with Gasteiger partial charge >= 0.3 is 0 Å². The first-order valence-electron chi connectivity index (χ1n) is 13.6. The Morgan fingerprint density at radius 3 is 2.22 bits per heavy atom. The second-order valence-electron chi connectivity index (χ2n) is 10.7. The standard InChI is InChI=1S/C33H36F4/c1-3-5-7-8-22-10-11-27-21-28(17-16-26(27)20-22)29-19-18-25(32(36)33(29)37)15-14-24-13-12-23(9-6-4-2)30(34)31(24)35/h3-5,12-13,18-19,22,26-28H,2,6-11,16-17,20-21H2,1H3/b5-3+. The maximum atomic E-state index is 15.2. The largest absolute Gasteiger partial charge is 0.203 e. The number of allylic oxidation sites excluding steroid dienone is 3. The molecule has 0 amide bonds. The van der Waals surface area contributed by atoms with Gasteiger partial charge in [-0.2, -0.15) is 0 Å². The highest BCUT2D eigenvalue weighted by atomic mass is 19.2. The molecule has 0 saturated heterocycles. The summed E-state index contributed by atoms with van der Waals surface area (Å²) in [6.07, 6.45) is 15.7. The Morgan fingerprint density at radius 2 is 1.49 bits per heavy atom. The summed E-state index contributed by atoms with van der Waals surface area (Å²) < 4.78 is 58.9. The Bertz CT molecular complexity index is 1200. The average Bonchev–Trinajstić information content (AvgIpc) is 2.91. The van der Waals surface area contributed by atoms with E-state index in [4.69, 9.17) is 0 Å². The van der Waals surface area contributed by atoms with Crippen molar-refractivity contribution < 1.29 is 17.6 Å². The van der Waals surface area contributed by atoms with Crippen LogP contribution in [0.4, 0.5) is 17.6 Å². The van der Waals surface area contributed by atoms with Crippen LogP contribution in [0.5, 0.6) is 0 Å². The number of fused-ring (bicyclic) bond motifs is 1. The number of aryl methyl sites for hydroxylation is 1. The number of hydrogen-bond acceptors (Lipinski definition) is 0. The maximum absolute atomic E-state index is 15.2. The van der Waals surface area contributed by atoms with Crippen molar-refractivity contribution in [2.24, 2.45) is 17.8 Å². The van der Waals surface area contributed by atoms with E-state index in [1.54, 1.807) is 12.1 Å². The molecule has 2 aliphatic carbocycles. The molecule has 4 atom stereocenters. The monoisotopic (exact) mass is 508 g/mol. The van der Waals surface area contributed by atoms with Crippen LogP contribution in [0.3, 0.4) is 0 Å². The topological polar surface area (TPSA) is 0 Å². The van der Waals surface area contributed by atoms with E-state index in [-0.39, 0.29) is 22.6 Å². The van der Waals surface area contributed by atoms with Crippen molar-refractivity contribution in [3.8, 4) is 11.8 Å². The minimum absolute atomic E-state index is 0.00647. The van der Waals surface area contributed by atoms with E-state index in [2.05, 4.69) is 37.5 Å². The third-order valence-corrected chi connectivity index (χ3v) is 8.36. The highest BCUT2D eigenvalue weighted by Crippen LogP contribution is 2.48. The lowest BCUT2D eigenvalue weighted by molar-refractivity contribution is 0.114. The van der Waals surface area contributed by atoms with Gasteiger partial charge in [-0.3, -0.25) is 0 Å². The Balaban J connectivity index is 1.44. The van der Waals surface area contributed by atoms with Crippen LogP contribution < -0.4 is 0 Å². The molecule has 4 heteroatoms. The van der Waals surface area contributed by atoms with Crippen molar-refractivity contribution >= 4 is 0 Å². The number of halogens is 4. The molecule has 0 bridgehead atoms. The molecular formula is C33H36F4. The van der Waals surface area contributed by atoms with Gasteiger partial charge in [0.2, 0.25) is 0 Å². The lowest BCUT2D eigenvalue weighted by Crippen LogP contribution is -2.30. The summed E-state index contributed by atoms with van der Waals surface area (Å²) >= 11 is 0. The van der Waals surface area contributed by atoms with Gasteiger partial charge in [-0.15, -0.1) is 6.58 Å². The Morgan fingerprint density at radius 1 is 0.811 bits per heavy atom. The molecule has 4 rings (SSSR count). The van der Waals surface area contributed by atoms with Crippen molar-refractivity contribution in [3.63, 3.8) is 0 Å². The van der Waals surface area contributed by atoms with Crippen LogP contribution in [0.1, 0.15) is 92.9 Å². The molecule has 4 unspecified atom stereocenters. The van der Waals surface area contributed by atoms with Crippen molar-refractivity contribution in [2.45, 2.75) is 77.0 Å². The van der Waals surface area contributed by atoms with E-state index < -0.39 is 23.3 Å². The molecule has 2 aromatic rings. The second kappa shape index (κ2) is 12.6. The molecule has 196 valence electrons. The number of benzene rings is 2. The first-order valence-corrected chi connectivity index (χ1v) is 13.6. The first-order chi connectivity index (χ1) is 17.9. The SMILES string of the molecule is C=CCCc1ccc(C#Cc2ccc(C3CCC4CC(CC/C=C/C)CCC4C3)c(F)c2F)c(F)c1F. The van der Waals surface area contributed by atoms with Crippen molar-refractivity contribution in [3.05, 3.63) is 94.6 Å². The van der Waals surface area contributed by atoms with Gasteiger partial charge in [0.25, 0.3) is 0 Å². The zero-order valence-corrected chi connectivity index (χ0v) is 21.6. The highest BCUT2D eigenvalue weighted by Gasteiger charge is 2.36. The molecule has 37 heavy (non-hydrogen) atoms. The Labute approximate surface area is 218 Å². The zero-order valence-electron chi connectivity index (χ0n) is 21.6. The van der Waals surface area contributed by atoms with Gasteiger partial charge in [0.1, 0.15) is 0 Å². The molecule has 2 aliphatic rings. The highest BCUT2D eigenvalue weighted by molar-refractivity contribution is 5.46. The summed E-state index contributed by atoms with van der Waals surface area (Å²) in [5, 5.41) is 0. The summed E-state index contributed by atoms with van der Waals surface area (Å²) in [6.45, 7) is 5.64. The fourth-order valence-corrected chi connectivity index (χ4v) is 6.28. The van der Waals surface area contributed by atoms with Gasteiger partial charge in [-0.05, 0) is 112 Å². The molecule has 0 N–H and O–H groups in total. The van der Waals surface area contributed by atoms with Gasteiger partial charge in [-0.1, -0.05) is 48.6 Å². The van der Waals surface area contributed by atoms with Gasteiger partial charge in [0.05, 0.1) is 11.1 Å². The summed E-state index contributed by atoms with van der Waals surface area (Å²) in [6, 6.07) is 5.95. The van der Waals surface area contributed by atoms with Crippen LogP contribution in [-0.2, 0) is 6.42 Å². The summed E-state index contributed by atoms with van der Waals surface area (Å²) in [5.74, 6) is 3.15. The number of hydrogen-bond donors (Lipinski definition) is 0. The van der Waals surface area contributed by atoms with Crippen LogP contribution in [0.15, 0.2) is 49.1 Å². The normalized spacial score (nSPS) is 23.4. The van der Waals surface area contributed by atoms with Crippen LogP contribution in [0, 0.1) is 52.9 Å². The lowest BCUT2D eigenvalue weighted by Gasteiger charge is -2.42. The van der Waals surface area contributed by atoms with Gasteiger partial charge in [0, 0.05) is 0 Å². The van der Waals surface area contributed by atoms with E-state index in [0.717, 1.165) is 31.6 Å². The van der Waals surface area contributed by atoms with E-state index >= 15 is 4.39 Å². The average molecular weight is 509 g/mol. The van der Waals surface area contributed by atoms with Gasteiger partial charge < -0.3 is 0 Å². The van der Waals surface area contributed by atoms with Crippen LogP contribution in [0.25, 0.3) is 0 Å². The quantitative estimate of drug-likeness (QED) is 0.198. The zero-order chi connectivity index (χ0) is 26.4. The first kappa shape index (κ1) is 27.2. The molecule has 0 heterocycles. The molecule has 2 fully saturated rings. The van der Waals surface area contributed by atoms with E-state index in [1.807, 2.05) is 0 Å². The third kappa shape index (κ3) is 6.38. The smallest absolute Gasteiger partial charge is 0.174 e. The van der Waals surface area contributed by atoms with E-state index in [1.165, 1.54) is 43.9 Å². The predicted molar refractivity (Wildman–Crippen MR) is 142 cm³/mol.